The van der Waals surface area contributed by atoms with Gasteiger partial charge in [0.15, 0.2) is 14.6 Å². The van der Waals surface area contributed by atoms with Crippen molar-refractivity contribution in [3.63, 3.8) is 0 Å². The van der Waals surface area contributed by atoms with Gasteiger partial charge in [-0.15, -0.1) is 24.2 Å². The maximum absolute atomic E-state index is 12.9. The molecule has 5 nitrogen and oxygen atoms in total. The van der Waals surface area contributed by atoms with Gasteiger partial charge in [0.25, 0.3) is 0 Å². The summed E-state index contributed by atoms with van der Waals surface area (Å²) in [5.41, 5.74) is 0.712. The molecule has 0 aromatic heterocycles. The second kappa shape index (κ2) is 7.88. The minimum atomic E-state index is -3.49. The van der Waals surface area contributed by atoms with Gasteiger partial charge in [-0.05, 0) is 56.5 Å². The lowest BCUT2D eigenvalue weighted by Gasteiger charge is -2.37. The molecule has 1 saturated heterocycles. The van der Waals surface area contributed by atoms with Crippen molar-refractivity contribution >= 4 is 45.6 Å². The smallest absolute Gasteiger partial charge is 0.248 e. The number of carbonyl (C=O) groups excluding carboxylic acids is 1. The van der Waals surface area contributed by atoms with Crippen LogP contribution < -0.4 is 10.2 Å². The van der Waals surface area contributed by atoms with E-state index in [0.717, 1.165) is 4.90 Å². The van der Waals surface area contributed by atoms with Crippen LogP contribution in [0.25, 0.3) is 0 Å². The highest BCUT2D eigenvalue weighted by Gasteiger charge is 2.50. The topological polar surface area (TPSA) is 66.5 Å². The SMILES string of the molecule is CSc1ccc(N(C)C(=O)C2(S(C)(=O)=O)CCNCC2)cc1.Cl. The molecule has 0 radical (unpaired) electrons. The van der Waals surface area contributed by atoms with Crippen molar-refractivity contribution in [2.75, 3.05) is 37.5 Å². The van der Waals surface area contributed by atoms with Crippen LogP contribution in [0.15, 0.2) is 29.2 Å². The van der Waals surface area contributed by atoms with Crippen LogP contribution in [0.1, 0.15) is 12.8 Å². The first-order valence-corrected chi connectivity index (χ1v) is 10.3. The Morgan fingerprint density at radius 1 is 1.22 bits per heavy atom. The number of sulfone groups is 1. The number of benzene rings is 1. The van der Waals surface area contributed by atoms with Crippen molar-refractivity contribution in [1.29, 1.82) is 0 Å². The van der Waals surface area contributed by atoms with Gasteiger partial charge in [0.05, 0.1) is 0 Å². The van der Waals surface area contributed by atoms with Gasteiger partial charge >= 0.3 is 0 Å². The first-order valence-electron chi connectivity index (χ1n) is 7.14. The zero-order chi connectivity index (χ0) is 16.4. The third-order valence-electron chi connectivity index (χ3n) is 4.28. The third-order valence-corrected chi connectivity index (χ3v) is 7.02. The van der Waals surface area contributed by atoms with Crippen molar-refractivity contribution in [3.05, 3.63) is 24.3 Å². The third kappa shape index (κ3) is 4.02. The molecule has 1 aliphatic rings. The fourth-order valence-corrected chi connectivity index (χ4v) is 4.61. The van der Waals surface area contributed by atoms with Gasteiger partial charge in [-0.25, -0.2) is 8.42 Å². The zero-order valence-electron chi connectivity index (χ0n) is 13.5. The number of carbonyl (C=O) groups is 1. The Morgan fingerprint density at radius 2 is 1.74 bits per heavy atom. The summed E-state index contributed by atoms with van der Waals surface area (Å²) in [6, 6.07) is 7.56. The molecule has 8 heteroatoms. The number of thioether (sulfide) groups is 1. The molecule has 130 valence electrons. The molecule has 0 bridgehead atoms. The van der Waals surface area contributed by atoms with Gasteiger partial charge in [-0.1, -0.05) is 0 Å². The molecule has 1 heterocycles. The predicted molar refractivity (Wildman–Crippen MR) is 98.6 cm³/mol. The van der Waals surface area contributed by atoms with E-state index in [0.29, 0.717) is 31.6 Å². The number of halogens is 1. The Bertz CT molecular complexity index is 641. The summed E-state index contributed by atoms with van der Waals surface area (Å²) < 4.78 is 23.3. The molecule has 1 aromatic carbocycles. The second-order valence-electron chi connectivity index (χ2n) is 5.58. The normalized spacial score (nSPS) is 17.2. The van der Waals surface area contributed by atoms with Crippen molar-refractivity contribution in [2.24, 2.45) is 0 Å². The molecule has 0 saturated carbocycles. The largest absolute Gasteiger partial charge is 0.317 e. The Labute approximate surface area is 148 Å². The van der Waals surface area contributed by atoms with E-state index in [1.54, 1.807) is 18.8 Å². The summed E-state index contributed by atoms with van der Waals surface area (Å²) in [4.78, 5) is 15.5. The van der Waals surface area contributed by atoms with Crippen LogP contribution in [-0.4, -0.2) is 51.7 Å². The molecule has 1 aliphatic heterocycles. The minimum absolute atomic E-state index is 0. The second-order valence-corrected chi connectivity index (χ2v) is 8.78. The molecule has 1 N–H and O–H groups in total. The highest BCUT2D eigenvalue weighted by Crippen LogP contribution is 2.31. The van der Waals surface area contributed by atoms with E-state index < -0.39 is 14.6 Å². The van der Waals surface area contributed by atoms with Crippen molar-refractivity contribution in [1.82, 2.24) is 5.32 Å². The molecule has 1 aromatic rings. The van der Waals surface area contributed by atoms with Gasteiger partial charge in [-0.3, -0.25) is 4.79 Å². The number of nitrogens with one attached hydrogen (secondary N) is 1. The quantitative estimate of drug-likeness (QED) is 0.811. The van der Waals surface area contributed by atoms with E-state index in [4.69, 9.17) is 0 Å². The van der Waals surface area contributed by atoms with Gasteiger partial charge < -0.3 is 10.2 Å². The highest BCUT2D eigenvalue weighted by atomic mass is 35.5. The van der Waals surface area contributed by atoms with E-state index in [1.165, 1.54) is 11.2 Å². The van der Waals surface area contributed by atoms with Crippen molar-refractivity contribution < 1.29 is 13.2 Å². The fraction of sp³-hybridized carbons (Fsp3) is 0.533. The first-order chi connectivity index (χ1) is 10.3. The van der Waals surface area contributed by atoms with Gasteiger partial charge in [-0.2, -0.15) is 0 Å². The van der Waals surface area contributed by atoms with Crippen LogP contribution in [0.5, 0.6) is 0 Å². The van der Waals surface area contributed by atoms with E-state index in [2.05, 4.69) is 5.32 Å². The lowest BCUT2D eigenvalue weighted by atomic mass is 9.95. The standard InChI is InChI=1S/C15H22N2O3S2.ClH/c1-17(12-4-6-13(21-2)7-5-12)14(18)15(22(3,19)20)8-10-16-11-9-15;/h4-7,16H,8-11H2,1-3H3;1H. The number of hydrogen-bond donors (Lipinski definition) is 1. The number of piperidine rings is 1. The Balaban J connectivity index is 0.00000264. The number of anilines is 1. The van der Waals surface area contributed by atoms with E-state index in [9.17, 15) is 13.2 Å². The van der Waals surface area contributed by atoms with Crippen LogP contribution in [0.4, 0.5) is 5.69 Å². The van der Waals surface area contributed by atoms with Crippen LogP contribution >= 0.6 is 24.2 Å². The van der Waals surface area contributed by atoms with E-state index in [1.807, 2.05) is 30.5 Å². The minimum Gasteiger partial charge on any atom is -0.317 e. The number of nitrogens with zero attached hydrogens (tertiary/aromatic N) is 1. The van der Waals surface area contributed by atoms with Crippen LogP contribution in [0.3, 0.4) is 0 Å². The zero-order valence-corrected chi connectivity index (χ0v) is 16.0. The fourth-order valence-electron chi connectivity index (χ4n) is 2.80. The number of hydrogen-bond acceptors (Lipinski definition) is 5. The molecule has 0 spiro atoms. The lowest BCUT2D eigenvalue weighted by molar-refractivity contribution is -0.121. The maximum atomic E-state index is 12.9. The number of amides is 1. The molecule has 0 aliphatic carbocycles. The number of rotatable bonds is 4. The molecule has 0 unspecified atom stereocenters. The van der Waals surface area contributed by atoms with Crippen molar-refractivity contribution in [3.8, 4) is 0 Å². The van der Waals surface area contributed by atoms with Crippen molar-refractivity contribution in [2.45, 2.75) is 22.5 Å². The van der Waals surface area contributed by atoms with Gasteiger partial charge in [0.2, 0.25) is 5.91 Å². The molecule has 1 amide bonds. The highest BCUT2D eigenvalue weighted by molar-refractivity contribution is 7.98. The van der Waals surface area contributed by atoms with Crippen LogP contribution in [0.2, 0.25) is 0 Å². The summed E-state index contributed by atoms with van der Waals surface area (Å²) in [5, 5.41) is 3.12. The molecular formula is C15H23ClN2O3S2. The summed E-state index contributed by atoms with van der Waals surface area (Å²) in [6.07, 6.45) is 3.79. The Kier molecular flexibility index (Phi) is 6.95. The Hall–Kier alpha value is -0.760. The van der Waals surface area contributed by atoms with Crippen LogP contribution in [0, 0.1) is 0 Å². The average molecular weight is 379 g/mol. The van der Waals surface area contributed by atoms with Gasteiger partial charge in [0, 0.05) is 23.9 Å². The summed E-state index contributed by atoms with van der Waals surface area (Å²) in [6.45, 7) is 1.08. The Morgan fingerprint density at radius 3 is 2.17 bits per heavy atom. The molecular weight excluding hydrogens is 356 g/mol. The molecule has 0 atom stereocenters. The lowest BCUT2D eigenvalue weighted by Crippen LogP contribution is -2.57. The molecule has 23 heavy (non-hydrogen) atoms. The summed E-state index contributed by atoms with van der Waals surface area (Å²) in [7, 11) is -1.84. The summed E-state index contributed by atoms with van der Waals surface area (Å²) >= 11 is 1.62. The van der Waals surface area contributed by atoms with Gasteiger partial charge in [0.1, 0.15) is 0 Å². The summed E-state index contributed by atoms with van der Waals surface area (Å²) in [5.74, 6) is -0.339. The monoisotopic (exact) mass is 378 g/mol. The maximum Gasteiger partial charge on any atom is 0.248 e. The van der Waals surface area contributed by atoms with Crippen LogP contribution in [-0.2, 0) is 14.6 Å². The van der Waals surface area contributed by atoms with E-state index >= 15 is 0 Å². The average Bonchev–Trinajstić information content (AvgIpc) is 2.53. The first kappa shape index (κ1) is 20.3. The van der Waals surface area contributed by atoms with E-state index in [-0.39, 0.29) is 18.3 Å². The molecule has 1 fully saturated rings. The predicted octanol–water partition coefficient (Wildman–Crippen LogP) is 1.96. The molecule has 2 rings (SSSR count).